The third kappa shape index (κ3) is 5.18. The van der Waals surface area contributed by atoms with Crippen LogP contribution in [0.1, 0.15) is 24.0 Å². The molecule has 2 aromatic carbocycles. The van der Waals surface area contributed by atoms with E-state index >= 15 is 0 Å². The SMILES string of the molecule is Cc1ccc2c(c1)N(CCCC(=O)NCCc1ccc(Cl)cc1Cl)C(=O)CO2. The van der Waals surface area contributed by atoms with E-state index in [-0.39, 0.29) is 18.4 Å². The van der Waals surface area contributed by atoms with E-state index in [0.29, 0.717) is 48.1 Å². The van der Waals surface area contributed by atoms with Gasteiger partial charge in [0.05, 0.1) is 5.69 Å². The minimum Gasteiger partial charge on any atom is -0.482 e. The average Bonchev–Trinajstić information content (AvgIpc) is 2.65. The Hall–Kier alpha value is -2.24. The third-order valence-corrected chi connectivity index (χ3v) is 5.16. The van der Waals surface area contributed by atoms with Crippen LogP contribution in [0.15, 0.2) is 36.4 Å². The predicted molar refractivity (Wildman–Crippen MR) is 111 cm³/mol. The first-order valence-corrected chi connectivity index (χ1v) is 9.94. The molecule has 0 fully saturated rings. The van der Waals surface area contributed by atoms with Gasteiger partial charge in [-0.1, -0.05) is 35.3 Å². The van der Waals surface area contributed by atoms with E-state index in [1.54, 1.807) is 17.0 Å². The van der Waals surface area contributed by atoms with Crippen molar-refractivity contribution in [3.05, 3.63) is 57.6 Å². The summed E-state index contributed by atoms with van der Waals surface area (Å²) in [5, 5.41) is 4.08. The normalized spacial score (nSPS) is 13.1. The number of amides is 2. The lowest BCUT2D eigenvalue weighted by molar-refractivity contribution is -0.122. The van der Waals surface area contributed by atoms with Gasteiger partial charge >= 0.3 is 0 Å². The Balaban J connectivity index is 1.45. The Bertz CT molecular complexity index is 886. The van der Waals surface area contributed by atoms with Crippen molar-refractivity contribution in [1.82, 2.24) is 5.32 Å². The number of aryl methyl sites for hydroxylation is 1. The molecule has 1 N–H and O–H groups in total. The second-order valence-electron chi connectivity index (χ2n) is 6.74. The fraction of sp³-hybridized carbons (Fsp3) is 0.333. The van der Waals surface area contributed by atoms with Crippen LogP contribution in [0.25, 0.3) is 0 Å². The number of nitrogens with one attached hydrogen (secondary N) is 1. The standard InChI is InChI=1S/C21H22Cl2N2O3/c1-14-4-7-19-18(11-14)25(21(27)13-28-19)10-2-3-20(26)24-9-8-15-5-6-16(22)12-17(15)23/h4-7,11-12H,2-3,8-10,13H2,1H3,(H,24,26). The largest absolute Gasteiger partial charge is 0.482 e. The first kappa shape index (κ1) is 20.5. The number of anilines is 1. The summed E-state index contributed by atoms with van der Waals surface area (Å²) in [4.78, 5) is 26.0. The molecule has 0 unspecified atom stereocenters. The fourth-order valence-corrected chi connectivity index (χ4v) is 3.61. The molecule has 1 aliphatic rings. The number of carbonyl (C=O) groups is 2. The second kappa shape index (κ2) is 9.30. The molecule has 5 nitrogen and oxygen atoms in total. The summed E-state index contributed by atoms with van der Waals surface area (Å²) >= 11 is 12.0. The number of benzene rings is 2. The van der Waals surface area contributed by atoms with Crippen LogP contribution < -0.4 is 15.0 Å². The number of ether oxygens (including phenoxy) is 1. The maximum atomic E-state index is 12.2. The number of fused-ring (bicyclic) bond motifs is 1. The van der Waals surface area contributed by atoms with Crippen LogP contribution in [-0.2, 0) is 16.0 Å². The van der Waals surface area contributed by atoms with Gasteiger partial charge in [-0.3, -0.25) is 9.59 Å². The highest BCUT2D eigenvalue weighted by molar-refractivity contribution is 6.35. The Morgan fingerprint density at radius 2 is 2.04 bits per heavy atom. The molecule has 2 aromatic rings. The van der Waals surface area contributed by atoms with Gasteiger partial charge in [-0.2, -0.15) is 0 Å². The molecule has 0 saturated heterocycles. The maximum absolute atomic E-state index is 12.2. The Kier molecular flexibility index (Phi) is 6.81. The summed E-state index contributed by atoms with van der Waals surface area (Å²) in [6.45, 7) is 2.98. The van der Waals surface area contributed by atoms with E-state index in [0.717, 1.165) is 16.8 Å². The van der Waals surface area contributed by atoms with Crippen molar-refractivity contribution in [1.29, 1.82) is 0 Å². The zero-order chi connectivity index (χ0) is 20.1. The van der Waals surface area contributed by atoms with Crippen molar-refractivity contribution in [2.75, 3.05) is 24.6 Å². The number of hydrogen-bond donors (Lipinski definition) is 1. The molecular weight excluding hydrogens is 399 g/mol. The summed E-state index contributed by atoms with van der Waals surface area (Å²) in [6.07, 6.45) is 1.56. The van der Waals surface area contributed by atoms with Gasteiger partial charge < -0.3 is 15.0 Å². The highest BCUT2D eigenvalue weighted by atomic mass is 35.5. The van der Waals surface area contributed by atoms with E-state index in [1.165, 1.54) is 0 Å². The molecule has 7 heteroatoms. The highest BCUT2D eigenvalue weighted by Crippen LogP contribution is 2.33. The van der Waals surface area contributed by atoms with Crippen LogP contribution in [0.3, 0.4) is 0 Å². The molecular formula is C21H22Cl2N2O3. The van der Waals surface area contributed by atoms with Gasteiger partial charge in [-0.05, 0) is 55.2 Å². The molecule has 0 bridgehead atoms. The van der Waals surface area contributed by atoms with E-state index in [1.807, 2.05) is 31.2 Å². The Labute approximate surface area is 174 Å². The molecule has 0 aromatic heterocycles. The first-order chi connectivity index (χ1) is 13.4. The monoisotopic (exact) mass is 420 g/mol. The summed E-state index contributed by atoms with van der Waals surface area (Å²) in [6, 6.07) is 11.1. The summed E-state index contributed by atoms with van der Waals surface area (Å²) in [7, 11) is 0. The lowest BCUT2D eigenvalue weighted by Crippen LogP contribution is -2.39. The van der Waals surface area contributed by atoms with Crippen LogP contribution in [0, 0.1) is 6.92 Å². The quantitative estimate of drug-likeness (QED) is 0.730. The summed E-state index contributed by atoms with van der Waals surface area (Å²) in [5.74, 6) is 0.570. The van der Waals surface area contributed by atoms with Gasteiger partial charge in [0.15, 0.2) is 6.61 Å². The predicted octanol–water partition coefficient (Wildman–Crippen LogP) is 4.17. The summed E-state index contributed by atoms with van der Waals surface area (Å²) in [5.41, 5.74) is 2.77. The average molecular weight is 421 g/mol. The molecule has 0 saturated carbocycles. The van der Waals surface area contributed by atoms with Crippen LogP contribution in [-0.4, -0.2) is 31.5 Å². The van der Waals surface area contributed by atoms with E-state index in [2.05, 4.69) is 5.32 Å². The molecule has 1 heterocycles. The van der Waals surface area contributed by atoms with E-state index in [9.17, 15) is 9.59 Å². The number of halogens is 2. The van der Waals surface area contributed by atoms with Crippen LogP contribution in [0.2, 0.25) is 10.0 Å². The van der Waals surface area contributed by atoms with Crippen molar-refractivity contribution < 1.29 is 14.3 Å². The maximum Gasteiger partial charge on any atom is 0.265 e. The smallest absolute Gasteiger partial charge is 0.265 e. The van der Waals surface area contributed by atoms with Crippen molar-refractivity contribution in [2.45, 2.75) is 26.2 Å². The van der Waals surface area contributed by atoms with Crippen molar-refractivity contribution >= 4 is 40.7 Å². The number of hydrogen-bond acceptors (Lipinski definition) is 3. The molecule has 0 spiro atoms. The molecule has 148 valence electrons. The van der Waals surface area contributed by atoms with E-state index in [4.69, 9.17) is 27.9 Å². The van der Waals surface area contributed by atoms with Crippen molar-refractivity contribution in [3.63, 3.8) is 0 Å². The second-order valence-corrected chi connectivity index (χ2v) is 7.59. The number of carbonyl (C=O) groups excluding carboxylic acids is 2. The van der Waals surface area contributed by atoms with Crippen molar-refractivity contribution in [2.24, 2.45) is 0 Å². The highest BCUT2D eigenvalue weighted by Gasteiger charge is 2.25. The van der Waals surface area contributed by atoms with Crippen LogP contribution in [0.5, 0.6) is 5.75 Å². The lowest BCUT2D eigenvalue weighted by atomic mass is 10.1. The minimum absolute atomic E-state index is 0.0319. The number of rotatable bonds is 7. The summed E-state index contributed by atoms with van der Waals surface area (Å²) < 4.78 is 5.47. The van der Waals surface area contributed by atoms with Gasteiger partial charge in [-0.15, -0.1) is 0 Å². The molecule has 3 rings (SSSR count). The molecule has 1 aliphatic heterocycles. The van der Waals surface area contributed by atoms with Gasteiger partial charge in [0.2, 0.25) is 5.91 Å². The zero-order valence-corrected chi connectivity index (χ0v) is 17.1. The molecule has 0 radical (unpaired) electrons. The lowest BCUT2D eigenvalue weighted by Gasteiger charge is -2.29. The van der Waals surface area contributed by atoms with Crippen LogP contribution >= 0.6 is 23.2 Å². The number of nitrogens with zero attached hydrogens (tertiary/aromatic N) is 1. The Morgan fingerprint density at radius 1 is 1.21 bits per heavy atom. The van der Waals surface area contributed by atoms with Crippen molar-refractivity contribution in [3.8, 4) is 5.75 Å². The molecule has 28 heavy (non-hydrogen) atoms. The molecule has 0 aliphatic carbocycles. The van der Waals surface area contributed by atoms with Gasteiger partial charge in [0.25, 0.3) is 5.91 Å². The third-order valence-electron chi connectivity index (χ3n) is 4.57. The first-order valence-electron chi connectivity index (χ1n) is 9.18. The minimum atomic E-state index is -0.0871. The van der Waals surface area contributed by atoms with Gasteiger partial charge in [-0.25, -0.2) is 0 Å². The van der Waals surface area contributed by atoms with Crippen LogP contribution in [0.4, 0.5) is 5.69 Å². The van der Waals surface area contributed by atoms with Gasteiger partial charge in [0.1, 0.15) is 5.75 Å². The topological polar surface area (TPSA) is 58.6 Å². The Morgan fingerprint density at radius 3 is 2.82 bits per heavy atom. The molecule has 0 atom stereocenters. The fourth-order valence-electron chi connectivity index (χ4n) is 3.10. The van der Waals surface area contributed by atoms with E-state index < -0.39 is 0 Å². The molecule has 2 amide bonds. The van der Waals surface area contributed by atoms with Gasteiger partial charge in [0, 0.05) is 29.6 Å². The zero-order valence-electron chi connectivity index (χ0n) is 15.6.